The number of hydrogen-bond donors (Lipinski definition) is 4. The van der Waals surface area contributed by atoms with E-state index in [1.165, 1.54) is 0 Å². The maximum atomic E-state index is 13.0. The third kappa shape index (κ3) is 6.55. The quantitative estimate of drug-likeness (QED) is 0.324. The minimum absolute atomic E-state index is 0.196. The third-order valence-electron chi connectivity index (χ3n) is 6.40. The number of carbonyl (C=O) groups excluding carboxylic acids is 2. The summed E-state index contributed by atoms with van der Waals surface area (Å²) in [6.45, 7) is 8.75. The first-order valence-corrected chi connectivity index (χ1v) is 13.0. The molecule has 0 radical (unpaired) electrons. The van der Waals surface area contributed by atoms with E-state index in [9.17, 15) is 9.59 Å². The SMILES string of the molecule is CNC(=O)c1[nH]c(C(C)(C)C)cc1NC(=O)Nc1ccc(C#CC(C)OC2CCCCO2)c2ccccc12. The van der Waals surface area contributed by atoms with Crippen molar-refractivity contribution in [2.24, 2.45) is 0 Å². The molecule has 200 valence electrons. The molecule has 2 aromatic carbocycles. The fourth-order valence-corrected chi connectivity index (χ4v) is 4.31. The minimum Gasteiger partial charge on any atom is -0.354 e. The van der Waals surface area contributed by atoms with Gasteiger partial charge in [-0.2, -0.15) is 0 Å². The molecule has 8 heteroatoms. The van der Waals surface area contributed by atoms with Gasteiger partial charge in [-0.1, -0.05) is 56.9 Å². The summed E-state index contributed by atoms with van der Waals surface area (Å²) < 4.78 is 11.6. The van der Waals surface area contributed by atoms with Crippen LogP contribution in [0.4, 0.5) is 16.2 Å². The zero-order valence-corrected chi connectivity index (χ0v) is 22.7. The third-order valence-corrected chi connectivity index (χ3v) is 6.40. The fourth-order valence-electron chi connectivity index (χ4n) is 4.31. The van der Waals surface area contributed by atoms with Crippen LogP contribution >= 0.6 is 0 Å². The van der Waals surface area contributed by atoms with E-state index in [1.807, 2.05) is 64.1 Å². The van der Waals surface area contributed by atoms with Crippen molar-refractivity contribution in [1.82, 2.24) is 10.3 Å². The first-order chi connectivity index (χ1) is 18.2. The van der Waals surface area contributed by atoms with Gasteiger partial charge in [0.25, 0.3) is 5.91 Å². The van der Waals surface area contributed by atoms with E-state index >= 15 is 0 Å². The average Bonchev–Trinajstić information content (AvgIpc) is 3.32. The second-order valence-corrected chi connectivity index (χ2v) is 10.4. The van der Waals surface area contributed by atoms with E-state index in [0.717, 1.165) is 47.9 Å². The number of H-pyrrole nitrogens is 1. The second kappa shape index (κ2) is 11.7. The number of benzene rings is 2. The number of amides is 3. The normalized spacial score (nSPS) is 16.3. The number of fused-ring (bicyclic) bond motifs is 1. The van der Waals surface area contributed by atoms with Crippen LogP contribution in [0.3, 0.4) is 0 Å². The van der Waals surface area contributed by atoms with E-state index in [4.69, 9.17) is 9.47 Å². The first kappa shape index (κ1) is 27.2. The average molecular weight is 517 g/mol. The molecule has 1 aliphatic heterocycles. The van der Waals surface area contributed by atoms with Crippen LogP contribution in [0.1, 0.15) is 68.7 Å². The molecule has 8 nitrogen and oxygen atoms in total. The Kier molecular flexibility index (Phi) is 8.40. The Balaban J connectivity index is 1.53. The van der Waals surface area contributed by atoms with Gasteiger partial charge < -0.3 is 30.4 Å². The van der Waals surface area contributed by atoms with Gasteiger partial charge in [0, 0.05) is 35.7 Å². The summed E-state index contributed by atoms with van der Waals surface area (Å²) in [6.07, 6.45) is 2.60. The van der Waals surface area contributed by atoms with Crippen molar-refractivity contribution in [2.45, 2.75) is 64.8 Å². The Morgan fingerprint density at radius 2 is 1.82 bits per heavy atom. The number of carbonyl (C=O) groups is 2. The highest BCUT2D eigenvalue weighted by Crippen LogP contribution is 2.29. The fraction of sp³-hybridized carbons (Fsp3) is 0.400. The van der Waals surface area contributed by atoms with E-state index in [1.54, 1.807) is 13.1 Å². The molecule has 2 atom stereocenters. The minimum atomic E-state index is -0.451. The highest BCUT2D eigenvalue weighted by Gasteiger charge is 2.23. The molecule has 38 heavy (non-hydrogen) atoms. The van der Waals surface area contributed by atoms with Gasteiger partial charge in [0.05, 0.1) is 11.4 Å². The Hall–Kier alpha value is -3.80. The van der Waals surface area contributed by atoms with E-state index < -0.39 is 6.03 Å². The maximum Gasteiger partial charge on any atom is 0.323 e. The molecule has 3 aromatic rings. The van der Waals surface area contributed by atoms with Gasteiger partial charge in [-0.25, -0.2) is 4.79 Å². The molecule has 0 spiro atoms. The Morgan fingerprint density at radius 1 is 1.08 bits per heavy atom. The van der Waals surface area contributed by atoms with Crippen molar-refractivity contribution < 1.29 is 19.1 Å². The van der Waals surface area contributed by atoms with Crippen molar-refractivity contribution in [2.75, 3.05) is 24.3 Å². The monoisotopic (exact) mass is 516 g/mol. The van der Waals surface area contributed by atoms with E-state index in [0.29, 0.717) is 17.1 Å². The molecule has 2 heterocycles. The van der Waals surface area contributed by atoms with Crippen molar-refractivity contribution >= 4 is 34.1 Å². The van der Waals surface area contributed by atoms with Crippen molar-refractivity contribution in [3.05, 3.63) is 59.4 Å². The van der Waals surface area contributed by atoms with Crippen LogP contribution in [0, 0.1) is 11.8 Å². The molecule has 0 bridgehead atoms. The number of ether oxygens (including phenoxy) is 2. The van der Waals surface area contributed by atoms with Crippen LogP contribution in [0.2, 0.25) is 0 Å². The molecule has 2 unspecified atom stereocenters. The highest BCUT2D eigenvalue weighted by atomic mass is 16.7. The summed E-state index contributed by atoms with van der Waals surface area (Å²) >= 11 is 0. The maximum absolute atomic E-state index is 13.0. The molecule has 1 aromatic heterocycles. The van der Waals surface area contributed by atoms with Crippen LogP contribution in [0.25, 0.3) is 10.8 Å². The number of anilines is 2. The summed E-state index contributed by atoms with van der Waals surface area (Å²) in [6, 6.07) is 12.8. The van der Waals surface area contributed by atoms with Crippen molar-refractivity contribution in [3.63, 3.8) is 0 Å². The van der Waals surface area contributed by atoms with E-state index in [-0.39, 0.29) is 23.7 Å². The standard InChI is InChI=1S/C30H36N4O4/c1-19(38-26-12-8-9-17-37-26)13-14-20-15-16-23(22-11-7-6-10-21(20)22)32-29(36)33-24-18-25(30(2,3)4)34-27(24)28(35)31-5/h6-7,10-11,15-16,18-19,26,34H,8-9,12,17H2,1-5H3,(H,31,35)(H2,32,33,36). The first-order valence-electron chi connectivity index (χ1n) is 13.0. The molecule has 3 amide bonds. The molecular weight excluding hydrogens is 480 g/mol. The van der Waals surface area contributed by atoms with Gasteiger partial charge in [-0.05, 0) is 49.8 Å². The Morgan fingerprint density at radius 3 is 2.50 bits per heavy atom. The second-order valence-electron chi connectivity index (χ2n) is 10.4. The van der Waals surface area contributed by atoms with Gasteiger partial charge >= 0.3 is 6.03 Å². The molecule has 0 saturated carbocycles. The lowest BCUT2D eigenvalue weighted by atomic mass is 9.92. The van der Waals surface area contributed by atoms with Gasteiger partial charge in [0.15, 0.2) is 6.29 Å². The number of nitrogens with one attached hydrogen (secondary N) is 4. The predicted octanol–water partition coefficient (Wildman–Crippen LogP) is 5.75. The van der Waals surface area contributed by atoms with Crippen molar-refractivity contribution in [1.29, 1.82) is 0 Å². The number of urea groups is 1. The molecule has 4 rings (SSSR count). The number of hydrogen-bond acceptors (Lipinski definition) is 4. The molecule has 0 aliphatic carbocycles. The van der Waals surface area contributed by atoms with E-state index in [2.05, 4.69) is 32.8 Å². The molecule has 4 N–H and O–H groups in total. The van der Waals surface area contributed by atoms with Gasteiger partial charge in [-0.15, -0.1) is 0 Å². The Bertz CT molecular complexity index is 1370. The Labute approximate surface area is 223 Å². The summed E-state index contributed by atoms with van der Waals surface area (Å²) in [7, 11) is 1.55. The largest absolute Gasteiger partial charge is 0.354 e. The molecule has 1 saturated heterocycles. The smallest absolute Gasteiger partial charge is 0.323 e. The van der Waals surface area contributed by atoms with Crippen molar-refractivity contribution in [3.8, 4) is 11.8 Å². The summed E-state index contributed by atoms with van der Waals surface area (Å²) in [5, 5.41) is 10.1. The molecular formula is C30H36N4O4. The summed E-state index contributed by atoms with van der Waals surface area (Å²) in [5.41, 5.74) is 2.81. The molecule has 1 aliphatic rings. The van der Waals surface area contributed by atoms with Gasteiger partial charge in [0.1, 0.15) is 11.8 Å². The predicted molar refractivity (Wildman–Crippen MR) is 150 cm³/mol. The van der Waals surface area contributed by atoms with Gasteiger partial charge in [0.2, 0.25) is 0 Å². The lowest BCUT2D eigenvalue weighted by Gasteiger charge is -2.24. The van der Waals surface area contributed by atoms with Crippen LogP contribution in [0.15, 0.2) is 42.5 Å². The zero-order valence-electron chi connectivity index (χ0n) is 22.7. The lowest BCUT2D eigenvalue weighted by Crippen LogP contribution is -2.25. The van der Waals surface area contributed by atoms with Crippen LogP contribution in [-0.4, -0.2) is 43.0 Å². The van der Waals surface area contributed by atoms with Crippen LogP contribution < -0.4 is 16.0 Å². The molecule has 1 fully saturated rings. The van der Waals surface area contributed by atoms with Crippen LogP contribution in [-0.2, 0) is 14.9 Å². The van der Waals surface area contributed by atoms with Crippen LogP contribution in [0.5, 0.6) is 0 Å². The topological polar surface area (TPSA) is 104 Å². The summed E-state index contributed by atoms with van der Waals surface area (Å²) in [4.78, 5) is 28.6. The number of aromatic nitrogens is 1. The number of rotatable bonds is 5. The summed E-state index contributed by atoms with van der Waals surface area (Å²) in [5.74, 6) is 6.10. The highest BCUT2D eigenvalue weighted by molar-refractivity contribution is 6.09. The lowest BCUT2D eigenvalue weighted by molar-refractivity contribution is -0.173. The zero-order chi connectivity index (χ0) is 27.3. The van der Waals surface area contributed by atoms with Gasteiger partial charge in [-0.3, -0.25) is 4.79 Å². The number of aromatic amines is 1.